The van der Waals surface area contributed by atoms with Crippen molar-refractivity contribution in [1.82, 2.24) is 0 Å². The summed E-state index contributed by atoms with van der Waals surface area (Å²) in [6.45, 7) is 9.36. The van der Waals surface area contributed by atoms with Gasteiger partial charge in [-0.05, 0) is 61.9 Å². The van der Waals surface area contributed by atoms with Crippen LogP contribution in [0.3, 0.4) is 0 Å². The third-order valence-electron chi connectivity index (χ3n) is 3.72. The highest BCUT2D eigenvalue weighted by molar-refractivity contribution is 5.49. The third kappa shape index (κ3) is 3.01. The maximum atomic E-state index is 5.80. The Hall–Kier alpha value is -1.02. The molecule has 1 aromatic carbocycles. The maximum absolute atomic E-state index is 5.80. The van der Waals surface area contributed by atoms with Crippen molar-refractivity contribution in [2.75, 3.05) is 13.7 Å². The van der Waals surface area contributed by atoms with Crippen molar-refractivity contribution >= 4 is 0 Å². The van der Waals surface area contributed by atoms with E-state index in [0.717, 1.165) is 25.1 Å². The molecular formula is C15H25NO. The van der Waals surface area contributed by atoms with E-state index in [4.69, 9.17) is 10.5 Å². The van der Waals surface area contributed by atoms with Gasteiger partial charge < -0.3 is 10.5 Å². The Morgan fingerprint density at radius 2 is 1.88 bits per heavy atom. The fraction of sp³-hybridized carbons (Fsp3) is 0.600. The van der Waals surface area contributed by atoms with Gasteiger partial charge in [0.2, 0.25) is 0 Å². The Balaban J connectivity index is 3.17. The number of benzene rings is 1. The van der Waals surface area contributed by atoms with Gasteiger partial charge in [-0.15, -0.1) is 0 Å². The van der Waals surface area contributed by atoms with Gasteiger partial charge in [0.15, 0.2) is 0 Å². The normalized spacial score (nSPS) is 12.6. The Morgan fingerprint density at radius 3 is 2.35 bits per heavy atom. The zero-order valence-electron chi connectivity index (χ0n) is 11.8. The van der Waals surface area contributed by atoms with Crippen LogP contribution in [0.25, 0.3) is 0 Å². The Morgan fingerprint density at radius 1 is 1.24 bits per heavy atom. The molecule has 96 valence electrons. The number of ether oxygens (including phenoxy) is 1. The first-order valence-corrected chi connectivity index (χ1v) is 6.38. The van der Waals surface area contributed by atoms with E-state index in [-0.39, 0.29) is 0 Å². The molecule has 2 nitrogen and oxygen atoms in total. The molecule has 0 saturated carbocycles. The SMILES string of the molecule is CCC(CN)Cc1c(C)cc(C)c(C)c1OC. The first kappa shape index (κ1) is 14.0. The lowest BCUT2D eigenvalue weighted by atomic mass is 9.90. The topological polar surface area (TPSA) is 35.2 Å². The standard InChI is InChI=1S/C15H25NO/c1-6-13(9-16)8-14-11(3)7-10(2)12(4)15(14)17-5/h7,13H,6,8-9,16H2,1-5H3. The van der Waals surface area contributed by atoms with E-state index in [0.29, 0.717) is 5.92 Å². The van der Waals surface area contributed by atoms with Crippen LogP contribution in [0.5, 0.6) is 5.75 Å². The zero-order valence-corrected chi connectivity index (χ0v) is 11.8. The van der Waals surface area contributed by atoms with E-state index >= 15 is 0 Å². The molecule has 1 rings (SSSR count). The zero-order chi connectivity index (χ0) is 13.0. The van der Waals surface area contributed by atoms with Crippen LogP contribution in [-0.4, -0.2) is 13.7 Å². The molecule has 0 aliphatic carbocycles. The van der Waals surface area contributed by atoms with Crippen LogP contribution in [0.4, 0.5) is 0 Å². The summed E-state index contributed by atoms with van der Waals surface area (Å²) < 4.78 is 5.59. The Kier molecular flexibility index (Phi) is 5.01. The van der Waals surface area contributed by atoms with Gasteiger partial charge >= 0.3 is 0 Å². The molecule has 2 heteroatoms. The Labute approximate surface area is 105 Å². The fourth-order valence-corrected chi connectivity index (χ4v) is 2.32. The van der Waals surface area contributed by atoms with Gasteiger partial charge in [0.25, 0.3) is 0 Å². The minimum absolute atomic E-state index is 0.546. The molecule has 0 aliphatic heterocycles. The van der Waals surface area contributed by atoms with E-state index in [2.05, 4.69) is 33.8 Å². The van der Waals surface area contributed by atoms with Gasteiger partial charge in [-0.2, -0.15) is 0 Å². The van der Waals surface area contributed by atoms with Crippen LogP contribution in [-0.2, 0) is 6.42 Å². The van der Waals surface area contributed by atoms with Crippen LogP contribution < -0.4 is 10.5 Å². The molecule has 2 N–H and O–H groups in total. The van der Waals surface area contributed by atoms with Gasteiger partial charge in [-0.3, -0.25) is 0 Å². The number of aryl methyl sites for hydroxylation is 2. The van der Waals surface area contributed by atoms with Crippen LogP contribution in [0, 0.1) is 26.7 Å². The molecule has 0 heterocycles. The van der Waals surface area contributed by atoms with Crippen molar-refractivity contribution in [3.05, 3.63) is 28.3 Å². The molecule has 0 spiro atoms. The summed E-state index contributed by atoms with van der Waals surface area (Å²) in [4.78, 5) is 0. The van der Waals surface area contributed by atoms with Crippen molar-refractivity contribution in [3.8, 4) is 5.75 Å². The van der Waals surface area contributed by atoms with Crippen LogP contribution in [0.2, 0.25) is 0 Å². The second-order valence-electron chi connectivity index (χ2n) is 4.86. The summed E-state index contributed by atoms with van der Waals surface area (Å²) in [5, 5.41) is 0. The second kappa shape index (κ2) is 6.06. The summed E-state index contributed by atoms with van der Waals surface area (Å²) in [7, 11) is 1.76. The molecule has 1 aromatic rings. The summed E-state index contributed by atoms with van der Waals surface area (Å²) in [6.07, 6.45) is 2.13. The third-order valence-corrected chi connectivity index (χ3v) is 3.72. The maximum Gasteiger partial charge on any atom is 0.125 e. The van der Waals surface area contributed by atoms with E-state index in [1.54, 1.807) is 7.11 Å². The van der Waals surface area contributed by atoms with Crippen molar-refractivity contribution in [2.45, 2.75) is 40.5 Å². The molecular weight excluding hydrogens is 210 g/mol. The molecule has 0 fully saturated rings. The van der Waals surface area contributed by atoms with Crippen LogP contribution >= 0.6 is 0 Å². The van der Waals surface area contributed by atoms with E-state index in [1.807, 2.05) is 0 Å². The number of methoxy groups -OCH3 is 1. The summed E-state index contributed by atoms with van der Waals surface area (Å²) >= 11 is 0. The lowest BCUT2D eigenvalue weighted by molar-refractivity contribution is 0.399. The summed E-state index contributed by atoms with van der Waals surface area (Å²) in [6, 6.07) is 2.25. The number of hydrogen-bond acceptors (Lipinski definition) is 2. The number of hydrogen-bond donors (Lipinski definition) is 1. The predicted molar refractivity (Wildman–Crippen MR) is 73.7 cm³/mol. The largest absolute Gasteiger partial charge is 0.496 e. The van der Waals surface area contributed by atoms with Crippen LogP contribution in [0.1, 0.15) is 35.6 Å². The minimum Gasteiger partial charge on any atom is -0.496 e. The van der Waals surface area contributed by atoms with Crippen molar-refractivity contribution < 1.29 is 4.74 Å². The van der Waals surface area contributed by atoms with Gasteiger partial charge in [0, 0.05) is 0 Å². The molecule has 0 aliphatic rings. The molecule has 0 bridgehead atoms. The van der Waals surface area contributed by atoms with Gasteiger partial charge in [-0.25, -0.2) is 0 Å². The molecule has 1 unspecified atom stereocenters. The highest BCUT2D eigenvalue weighted by Crippen LogP contribution is 2.31. The highest BCUT2D eigenvalue weighted by atomic mass is 16.5. The first-order chi connectivity index (χ1) is 8.04. The summed E-state index contributed by atoms with van der Waals surface area (Å²) in [5.41, 5.74) is 11.0. The lowest BCUT2D eigenvalue weighted by Crippen LogP contribution is -2.17. The van der Waals surface area contributed by atoms with E-state index < -0.39 is 0 Å². The smallest absolute Gasteiger partial charge is 0.125 e. The monoisotopic (exact) mass is 235 g/mol. The average Bonchev–Trinajstić information content (AvgIpc) is 2.32. The first-order valence-electron chi connectivity index (χ1n) is 6.38. The van der Waals surface area contributed by atoms with Gasteiger partial charge in [0.1, 0.15) is 5.75 Å². The van der Waals surface area contributed by atoms with E-state index in [9.17, 15) is 0 Å². The van der Waals surface area contributed by atoms with Crippen molar-refractivity contribution in [2.24, 2.45) is 11.7 Å². The average molecular weight is 235 g/mol. The molecule has 0 radical (unpaired) electrons. The van der Waals surface area contributed by atoms with Gasteiger partial charge in [0.05, 0.1) is 7.11 Å². The fourth-order valence-electron chi connectivity index (χ4n) is 2.32. The lowest BCUT2D eigenvalue weighted by Gasteiger charge is -2.20. The highest BCUT2D eigenvalue weighted by Gasteiger charge is 2.15. The minimum atomic E-state index is 0.546. The molecule has 0 aromatic heterocycles. The van der Waals surface area contributed by atoms with Crippen molar-refractivity contribution in [1.29, 1.82) is 0 Å². The number of rotatable bonds is 5. The number of nitrogens with two attached hydrogens (primary N) is 1. The molecule has 17 heavy (non-hydrogen) atoms. The predicted octanol–water partition coefficient (Wildman–Crippen LogP) is 3.15. The Bertz CT molecular complexity index is 381. The quantitative estimate of drug-likeness (QED) is 0.851. The van der Waals surface area contributed by atoms with Crippen molar-refractivity contribution in [3.63, 3.8) is 0 Å². The van der Waals surface area contributed by atoms with Crippen LogP contribution in [0.15, 0.2) is 6.07 Å². The van der Waals surface area contributed by atoms with E-state index in [1.165, 1.54) is 22.3 Å². The molecule has 0 amide bonds. The second-order valence-corrected chi connectivity index (χ2v) is 4.86. The van der Waals surface area contributed by atoms with Gasteiger partial charge in [-0.1, -0.05) is 19.4 Å². The summed E-state index contributed by atoms with van der Waals surface area (Å²) in [5.74, 6) is 1.60. The molecule has 1 atom stereocenters. The molecule has 0 saturated heterocycles.